The van der Waals surface area contributed by atoms with Crippen LogP contribution in [0.4, 0.5) is 11.4 Å². The summed E-state index contributed by atoms with van der Waals surface area (Å²) in [7, 11) is 0. The number of aliphatic hydroxyl groups excluding tert-OH is 1. The van der Waals surface area contributed by atoms with Gasteiger partial charge in [0.15, 0.2) is 0 Å². The Balaban J connectivity index is 1.98. The Bertz CT molecular complexity index is 405. The zero-order valence-electron chi connectivity index (χ0n) is 10.2. The fourth-order valence-electron chi connectivity index (χ4n) is 2.63. The van der Waals surface area contributed by atoms with Gasteiger partial charge >= 0.3 is 0 Å². The highest BCUT2D eigenvalue weighted by Gasteiger charge is 2.26. The van der Waals surface area contributed by atoms with E-state index in [1.807, 2.05) is 0 Å². The zero-order chi connectivity index (χ0) is 13.0. The van der Waals surface area contributed by atoms with Crippen LogP contribution >= 0.6 is 0 Å². The lowest BCUT2D eigenvalue weighted by Gasteiger charge is -2.21. The largest absolute Gasteiger partial charge is 0.396 e. The van der Waals surface area contributed by atoms with E-state index in [0.717, 1.165) is 24.9 Å². The molecular formula is C13H18N2O3. The van der Waals surface area contributed by atoms with Crippen LogP contribution in [0.2, 0.25) is 0 Å². The summed E-state index contributed by atoms with van der Waals surface area (Å²) in [5.41, 5.74) is 1.02. The number of benzene rings is 1. The van der Waals surface area contributed by atoms with E-state index in [1.165, 1.54) is 18.6 Å². The number of nitro groups is 1. The quantitative estimate of drug-likeness (QED) is 0.622. The number of hydrogen-bond acceptors (Lipinski definition) is 4. The van der Waals surface area contributed by atoms with Gasteiger partial charge in [-0.2, -0.15) is 0 Å². The van der Waals surface area contributed by atoms with E-state index < -0.39 is 4.92 Å². The first-order valence-electron chi connectivity index (χ1n) is 6.32. The lowest BCUT2D eigenvalue weighted by molar-refractivity contribution is -0.384. The van der Waals surface area contributed by atoms with Gasteiger partial charge in [0.2, 0.25) is 0 Å². The van der Waals surface area contributed by atoms with Crippen molar-refractivity contribution < 1.29 is 10.0 Å². The number of nitrogens with zero attached hydrogens (tertiary/aromatic N) is 1. The van der Waals surface area contributed by atoms with Crippen molar-refractivity contribution in [1.82, 2.24) is 0 Å². The number of non-ortho nitro benzene ring substituents is 1. The summed E-state index contributed by atoms with van der Waals surface area (Å²) >= 11 is 0. The van der Waals surface area contributed by atoms with E-state index in [2.05, 4.69) is 5.32 Å². The minimum atomic E-state index is -0.395. The van der Waals surface area contributed by atoms with Gasteiger partial charge in [-0.3, -0.25) is 10.1 Å². The molecule has 0 saturated heterocycles. The van der Waals surface area contributed by atoms with Crippen molar-refractivity contribution >= 4 is 11.4 Å². The molecule has 0 radical (unpaired) electrons. The minimum Gasteiger partial charge on any atom is -0.396 e. The Kier molecular flexibility index (Phi) is 4.15. The number of anilines is 1. The van der Waals surface area contributed by atoms with Crippen LogP contribution in [0.1, 0.15) is 25.7 Å². The van der Waals surface area contributed by atoms with Gasteiger partial charge in [-0.05, 0) is 37.3 Å². The second kappa shape index (κ2) is 5.82. The third-order valence-electron chi connectivity index (χ3n) is 3.59. The normalized spacial score (nSPS) is 22.9. The number of rotatable bonds is 5. The molecule has 98 valence electrons. The lowest BCUT2D eigenvalue weighted by Crippen LogP contribution is -2.24. The molecule has 0 bridgehead atoms. The Morgan fingerprint density at radius 2 is 2.06 bits per heavy atom. The predicted molar refractivity (Wildman–Crippen MR) is 69.6 cm³/mol. The van der Waals surface area contributed by atoms with Gasteiger partial charge in [-0.15, -0.1) is 0 Å². The number of nitro benzene ring substituents is 1. The zero-order valence-corrected chi connectivity index (χ0v) is 10.2. The summed E-state index contributed by atoms with van der Waals surface area (Å²) < 4.78 is 0. The lowest BCUT2D eigenvalue weighted by atomic mass is 10.00. The first-order chi connectivity index (χ1) is 8.70. The summed E-state index contributed by atoms with van der Waals surface area (Å²) in [6.45, 7) is 0.225. The summed E-state index contributed by atoms with van der Waals surface area (Å²) in [4.78, 5) is 10.2. The second-order valence-corrected chi connectivity index (χ2v) is 4.76. The molecule has 1 aromatic rings. The van der Waals surface area contributed by atoms with Crippen LogP contribution in [0.5, 0.6) is 0 Å². The van der Waals surface area contributed by atoms with Gasteiger partial charge in [0.05, 0.1) is 4.92 Å². The monoisotopic (exact) mass is 250 g/mol. The average Bonchev–Trinajstić information content (AvgIpc) is 2.78. The smallest absolute Gasteiger partial charge is 0.269 e. The Labute approximate surface area is 106 Å². The highest BCUT2D eigenvalue weighted by atomic mass is 16.6. The molecule has 2 atom stereocenters. The molecule has 0 amide bonds. The molecule has 2 rings (SSSR count). The third kappa shape index (κ3) is 2.98. The Morgan fingerprint density at radius 3 is 2.67 bits per heavy atom. The molecule has 1 fully saturated rings. The second-order valence-electron chi connectivity index (χ2n) is 4.76. The average molecular weight is 250 g/mol. The van der Waals surface area contributed by atoms with Crippen LogP contribution in [0.3, 0.4) is 0 Å². The molecule has 0 spiro atoms. The molecule has 2 N–H and O–H groups in total. The highest BCUT2D eigenvalue weighted by molar-refractivity contribution is 5.49. The molecule has 18 heavy (non-hydrogen) atoms. The molecule has 1 saturated carbocycles. The molecule has 0 heterocycles. The maximum absolute atomic E-state index is 10.6. The van der Waals surface area contributed by atoms with Crippen LogP contribution in [-0.4, -0.2) is 22.7 Å². The van der Waals surface area contributed by atoms with E-state index in [4.69, 9.17) is 5.11 Å². The third-order valence-corrected chi connectivity index (χ3v) is 3.59. The number of hydrogen-bond donors (Lipinski definition) is 2. The van der Waals surface area contributed by atoms with Crippen LogP contribution in [0.15, 0.2) is 24.3 Å². The Morgan fingerprint density at radius 1 is 1.33 bits per heavy atom. The van der Waals surface area contributed by atoms with Gasteiger partial charge in [0.1, 0.15) is 0 Å². The maximum atomic E-state index is 10.6. The maximum Gasteiger partial charge on any atom is 0.269 e. The number of nitrogens with one attached hydrogen (secondary N) is 1. The SMILES string of the molecule is O=[N+]([O-])c1ccc(NC2CCCC2CCO)cc1. The van der Waals surface area contributed by atoms with E-state index in [0.29, 0.717) is 12.0 Å². The highest BCUT2D eigenvalue weighted by Crippen LogP contribution is 2.31. The predicted octanol–water partition coefficient (Wildman–Crippen LogP) is 2.56. The summed E-state index contributed by atoms with van der Waals surface area (Å²) in [5.74, 6) is 0.505. The standard InChI is InChI=1S/C13H18N2O3/c16-9-8-10-2-1-3-13(10)14-11-4-6-12(7-5-11)15(17)18/h4-7,10,13-14,16H,1-3,8-9H2. The van der Waals surface area contributed by atoms with Gasteiger partial charge in [-0.1, -0.05) is 6.42 Å². The molecule has 5 nitrogen and oxygen atoms in total. The molecule has 1 aromatic carbocycles. The van der Waals surface area contributed by atoms with Gasteiger partial charge in [-0.25, -0.2) is 0 Å². The van der Waals surface area contributed by atoms with Crippen molar-refractivity contribution in [3.63, 3.8) is 0 Å². The van der Waals surface area contributed by atoms with E-state index >= 15 is 0 Å². The molecular weight excluding hydrogens is 232 g/mol. The molecule has 0 aromatic heterocycles. The van der Waals surface area contributed by atoms with Gasteiger partial charge in [0.25, 0.3) is 5.69 Å². The van der Waals surface area contributed by atoms with E-state index in [9.17, 15) is 10.1 Å². The summed E-state index contributed by atoms with van der Waals surface area (Å²) in [6, 6.07) is 6.88. The summed E-state index contributed by atoms with van der Waals surface area (Å²) in [5, 5.41) is 23.0. The number of aliphatic hydroxyl groups is 1. The Hall–Kier alpha value is -1.62. The molecule has 1 aliphatic carbocycles. The fourth-order valence-corrected chi connectivity index (χ4v) is 2.63. The topological polar surface area (TPSA) is 75.4 Å². The van der Waals surface area contributed by atoms with Crippen molar-refractivity contribution in [2.45, 2.75) is 31.7 Å². The van der Waals surface area contributed by atoms with Crippen molar-refractivity contribution in [3.8, 4) is 0 Å². The van der Waals surface area contributed by atoms with Crippen LogP contribution in [0.25, 0.3) is 0 Å². The molecule has 2 unspecified atom stereocenters. The summed E-state index contributed by atoms with van der Waals surface area (Å²) in [6.07, 6.45) is 4.24. The van der Waals surface area contributed by atoms with Gasteiger partial charge < -0.3 is 10.4 Å². The van der Waals surface area contributed by atoms with Crippen molar-refractivity contribution in [2.75, 3.05) is 11.9 Å². The molecule has 5 heteroatoms. The van der Waals surface area contributed by atoms with Crippen molar-refractivity contribution in [3.05, 3.63) is 34.4 Å². The van der Waals surface area contributed by atoms with Gasteiger partial charge in [0, 0.05) is 30.5 Å². The van der Waals surface area contributed by atoms with E-state index in [1.54, 1.807) is 12.1 Å². The van der Waals surface area contributed by atoms with Crippen molar-refractivity contribution in [2.24, 2.45) is 5.92 Å². The van der Waals surface area contributed by atoms with Crippen LogP contribution in [-0.2, 0) is 0 Å². The molecule has 1 aliphatic rings. The minimum absolute atomic E-state index is 0.110. The van der Waals surface area contributed by atoms with Crippen LogP contribution < -0.4 is 5.32 Å². The van der Waals surface area contributed by atoms with Crippen molar-refractivity contribution in [1.29, 1.82) is 0 Å². The first-order valence-corrected chi connectivity index (χ1v) is 6.32. The fraction of sp³-hybridized carbons (Fsp3) is 0.538. The van der Waals surface area contributed by atoms with E-state index in [-0.39, 0.29) is 12.3 Å². The first kappa shape index (κ1) is 12.8. The van der Waals surface area contributed by atoms with Crippen LogP contribution in [0, 0.1) is 16.0 Å². The molecule has 0 aliphatic heterocycles.